The lowest BCUT2D eigenvalue weighted by molar-refractivity contribution is -0.115. The highest BCUT2D eigenvalue weighted by Crippen LogP contribution is 2.23. The number of nitrogens with zero attached hydrogens (tertiary/aromatic N) is 4. The number of benzene rings is 2. The van der Waals surface area contributed by atoms with Crippen LogP contribution >= 0.6 is 0 Å². The fourth-order valence-electron chi connectivity index (χ4n) is 3.51. The Hall–Kier alpha value is -4.20. The van der Waals surface area contributed by atoms with E-state index in [0.717, 1.165) is 28.3 Å². The van der Waals surface area contributed by atoms with E-state index in [2.05, 4.69) is 20.6 Å². The van der Waals surface area contributed by atoms with Crippen molar-refractivity contribution in [2.24, 2.45) is 0 Å². The number of aryl methyl sites for hydroxylation is 3. The maximum Gasteiger partial charge on any atom is 0.238 e. The fourth-order valence-corrected chi connectivity index (χ4v) is 3.51. The van der Waals surface area contributed by atoms with Gasteiger partial charge in [0.2, 0.25) is 11.8 Å². The number of carbonyl (C=O) groups excluding carboxylic acids is 1. The molecule has 2 aromatic carbocycles. The molecular formula is C25H25N5O3. The van der Waals surface area contributed by atoms with Gasteiger partial charge in [0.05, 0.1) is 19.2 Å². The number of carbonyl (C=O) groups is 1. The van der Waals surface area contributed by atoms with Gasteiger partial charge in [-0.2, -0.15) is 5.10 Å². The summed E-state index contributed by atoms with van der Waals surface area (Å²) in [5, 5.41) is 15.6. The van der Waals surface area contributed by atoms with Crippen molar-refractivity contribution in [1.82, 2.24) is 20.0 Å². The van der Waals surface area contributed by atoms with E-state index in [1.54, 1.807) is 48.2 Å². The highest BCUT2D eigenvalue weighted by Gasteiger charge is 2.09. The minimum absolute atomic E-state index is 0.0983. The average Bonchev–Trinajstić information content (AvgIpc) is 3.13. The Kier molecular flexibility index (Phi) is 6.35. The van der Waals surface area contributed by atoms with Crippen LogP contribution in [0.4, 0.5) is 5.69 Å². The summed E-state index contributed by atoms with van der Waals surface area (Å²) in [6.45, 7) is 5.85. The average molecular weight is 444 g/mol. The van der Waals surface area contributed by atoms with Crippen LogP contribution in [0.1, 0.15) is 22.5 Å². The molecule has 4 rings (SSSR count). The van der Waals surface area contributed by atoms with E-state index in [-0.39, 0.29) is 12.3 Å². The first-order valence-electron chi connectivity index (χ1n) is 10.5. The fraction of sp³-hybridized carbons (Fsp3) is 0.200. The smallest absolute Gasteiger partial charge is 0.238 e. The van der Waals surface area contributed by atoms with Crippen LogP contribution < -0.4 is 14.8 Å². The van der Waals surface area contributed by atoms with Crippen molar-refractivity contribution in [2.75, 3.05) is 12.4 Å². The molecule has 2 heterocycles. The third kappa shape index (κ3) is 5.35. The van der Waals surface area contributed by atoms with Crippen LogP contribution in [0.3, 0.4) is 0 Å². The SMILES string of the molecule is COc1ccc(CC(=O)Nc2ccc(Oc3ccc(-n4nc(C)cc4C)nn3)cc2)cc1C. The van der Waals surface area contributed by atoms with E-state index in [1.807, 2.05) is 45.0 Å². The lowest BCUT2D eigenvalue weighted by Gasteiger charge is -2.09. The van der Waals surface area contributed by atoms with Gasteiger partial charge in [-0.3, -0.25) is 4.79 Å². The van der Waals surface area contributed by atoms with Crippen LogP contribution in [0.2, 0.25) is 0 Å². The summed E-state index contributed by atoms with van der Waals surface area (Å²) in [6, 6.07) is 18.3. The molecule has 1 N–H and O–H groups in total. The predicted molar refractivity (Wildman–Crippen MR) is 125 cm³/mol. The van der Waals surface area contributed by atoms with E-state index in [1.165, 1.54) is 0 Å². The lowest BCUT2D eigenvalue weighted by atomic mass is 10.1. The largest absolute Gasteiger partial charge is 0.496 e. The molecule has 0 bridgehead atoms. The number of anilines is 1. The standard InChI is InChI=1S/C25H25N5O3/c1-16-13-19(5-10-22(16)32-4)15-24(31)26-20-6-8-21(9-7-20)33-25-12-11-23(27-28-25)30-18(3)14-17(2)29-30/h5-14H,15H2,1-4H3,(H,26,31). The summed E-state index contributed by atoms with van der Waals surface area (Å²) in [5.74, 6) is 2.29. The molecule has 2 aromatic heterocycles. The molecule has 0 saturated carbocycles. The number of amides is 1. The summed E-state index contributed by atoms with van der Waals surface area (Å²) in [7, 11) is 1.63. The zero-order valence-corrected chi connectivity index (χ0v) is 19.0. The minimum Gasteiger partial charge on any atom is -0.496 e. The van der Waals surface area contributed by atoms with Gasteiger partial charge in [0.15, 0.2) is 5.82 Å². The van der Waals surface area contributed by atoms with Crippen molar-refractivity contribution in [1.29, 1.82) is 0 Å². The molecular weight excluding hydrogens is 418 g/mol. The monoisotopic (exact) mass is 443 g/mol. The van der Waals surface area contributed by atoms with Gasteiger partial charge in [-0.1, -0.05) is 12.1 Å². The Bertz CT molecular complexity index is 1260. The molecule has 168 valence electrons. The summed E-state index contributed by atoms with van der Waals surface area (Å²) >= 11 is 0. The Morgan fingerprint density at radius 1 is 0.970 bits per heavy atom. The quantitative estimate of drug-likeness (QED) is 0.450. The minimum atomic E-state index is -0.0983. The summed E-state index contributed by atoms with van der Waals surface area (Å²) in [4.78, 5) is 12.4. The Morgan fingerprint density at radius 3 is 2.36 bits per heavy atom. The normalized spacial score (nSPS) is 10.7. The third-order valence-electron chi connectivity index (χ3n) is 5.04. The molecule has 0 saturated heterocycles. The van der Waals surface area contributed by atoms with E-state index in [9.17, 15) is 4.79 Å². The van der Waals surface area contributed by atoms with E-state index >= 15 is 0 Å². The van der Waals surface area contributed by atoms with Gasteiger partial charge in [-0.15, -0.1) is 10.2 Å². The second-order valence-electron chi connectivity index (χ2n) is 7.72. The van der Waals surface area contributed by atoms with Gasteiger partial charge in [-0.25, -0.2) is 4.68 Å². The molecule has 8 heteroatoms. The molecule has 0 unspecified atom stereocenters. The van der Waals surface area contributed by atoms with E-state index in [4.69, 9.17) is 9.47 Å². The Balaban J connectivity index is 1.35. The zero-order valence-electron chi connectivity index (χ0n) is 19.0. The summed E-state index contributed by atoms with van der Waals surface area (Å²) < 4.78 is 12.8. The first-order chi connectivity index (χ1) is 15.9. The number of hydrogen-bond acceptors (Lipinski definition) is 6. The van der Waals surface area contributed by atoms with Crippen molar-refractivity contribution in [3.8, 4) is 23.2 Å². The van der Waals surface area contributed by atoms with Gasteiger partial charge >= 0.3 is 0 Å². The molecule has 4 aromatic rings. The molecule has 0 radical (unpaired) electrons. The molecule has 0 fully saturated rings. The van der Waals surface area contributed by atoms with Crippen molar-refractivity contribution >= 4 is 11.6 Å². The Labute approximate surface area is 192 Å². The van der Waals surface area contributed by atoms with E-state index < -0.39 is 0 Å². The van der Waals surface area contributed by atoms with Gasteiger partial charge in [0, 0.05) is 17.4 Å². The van der Waals surface area contributed by atoms with Gasteiger partial charge < -0.3 is 14.8 Å². The van der Waals surface area contributed by atoms with Crippen LogP contribution in [0, 0.1) is 20.8 Å². The summed E-state index contributed by atoms with van der Waals surface area (Å²) in [5.41, 5.74) is 4.50. The van der Waals surface area contributed by atoms with Crippen molar-refractivity contribution in [2.45, 2.75) is 27.2 Å². The first-order valence-corrected chi connectivity index (χ1v) is 10.5. The Morgan fingerprint density at radius 2 is 1.76 bits per heavy atom. The number of aromatic nitrogens is 4. The maximum atomic E-state index is 12.4. The van der Waals surface area contributed by atoms with Crippen LogP contribution in [-0.2, 0) is 11.2 Å². The molecule has 0 aliphatic carbocycles. The predicted octanol–water partition coefficient (Wildman–Crippen LogP) is 4.57. The second kappa shape index (κ2) is 9.52. The maximum absolute atomic E-state index is 12.4. The highest BCUT2D eigenvalue weighted by molar-refractivity contribution is 5.92. The van der Waals surface area contributed by atoms with Crippen LogP contribution in [0.25, 0.3) is 5.82 Å². The van der Waals surface area contributed by atoms with Crippen LogP contribution in [0.5, 0.6) is 17.4 Å². The highest BCUT2D eigenvalue weighted by atomic mass is 16.5. The van der Waals surface area contributed by atoms with Crippen molar-refractivity contribution in [3.63, 3.8) is 0 Å². The lowest BCUT2D eigenvalue weighted by Crippen LogP contribution is -2.14. The van der Waals surface area contributed by atoms with Gasteiger partial charge in [0.25, 0.3) is 0 Å². The number of nitrogens with one attached hydrogen (secondary N) is 1. The summed E-state index contributed by atoms with van der Waals surface area (Å²) in [6.07, 6.45) is 0.278. The first kappa shape index (κ1) is 22.0. The number of rotatable bonds is 7. The molecule has 0 aliphatic heterocycles. The van der Waals surface area contributed by atoms with Gasteiger partial charge in [0.1, 0.15) is 11.5 Å². The molecule has 33 heavy (non-hydrogen) atoms. The molecule has 0 aliphatic rings. The van der Waals surface area contributed by atoms with Crippen molar-refractivity contribution < 1.29 is 14.3 Å². The zero-order chi connectivity index (χ0) is 23.4. The molecule has 0 spiro atoms. The number of methoxy groups -OCH3 is 1. The third-order valence-corrected chi connectivity index (χ3v) is 5.04. The molecule has 0 atom stereocenters. The molecule has 1 amide bonds. The van der Waals surface area contributed by atoms with Crippen molar-refractivity contribution in [3.05, 3.63) is 83.2 Å². The number of ether oxygens (including phenoxy) is 2. The second-order valence-corrected chi connectivity index (χ2v) is 7.72. The van der Waals surface area contributed by atoms with Crippen LogP contribution in [-0.4, -0.2) is 33.0 Å². The van der Waals surface area contributed by atoms with E-state index in [0.29, 0.717) is 23.1 Å². The molecule has 8 nitrogen and oxygen atoms in total. The van der Waals surface area contributed by atoms with Gasteiger partial charge in [-0.05, 0) is 74.4 Å². The van der Waals surface area contributed by atoms with Crippen LogP contribution in [0.15, 0.2) is 60.7 Å². The number of hydrogen-bond donors (Lipinski definition) is 1. The topological polar surface area (TPSA) is 91.2 Å².